The highest BCUT2D eigenvalue weighted by molar-refractivity contribution is 7.92. The molecule has 0 radical (unpaired) electrons. The lowest BCUT2D eigenvalue weighted by Crippen LogP contribution is -2.19. The number of pyridine rings is 1. The van der Waals surface area contributed by atoms with Crippen LogP contribution in [-0.4, -0.2) is 33.7 Å². The van der Waals surface area contributed by atoms with Crippen molar-refractivity contribution in [1.29, 1.82) is 0 Å². The Kier molecular flexibility index (Phi) is 7.00. The van der Waals surface area contributed by atoms with Gasteiger partial charge in [-0.3, -0.25) is 4.72 Å². The predicted octanol–water partition coefficient (Wildman–Crippen LogP) is 5.14. The molecule has 3 aromatic rings. The fourth-order valence-electron chi connectivity index (χ4n) is 4.07. The van der Waals surface area contributed by atoms with E-state index < -0.39 is 27.7 Å². The first-order valence-electron chi connectivity index (χ1n) is 10.7. The average Bonchev–Trinajstić information content (AvgIpc) is 2.81. The van der Waals surface area contributed by atoms with E-state index in [0.29, 0.717) is 35.3 Å². The van der Waals surface area contributed by atoms with Gasteiger partial charge in [0.15, 0.2) is 0 Å². The third-order valence-electron chi connectivity index (χ3n) is 5.71. The fourth-order valence-corrected chi connectivity index (χ4v) is 5.09. The highest BCUT2D eigenvalue weighted by Crippen LogP contribution is 2.42. The molecule has 186 valence electrons. The zero-order valence-electron chi connectivity index (χ0n) is 18.6. The SMILES string of the molecule is COCCc1cc(C(F)(F)F)ccc1[C@H]1CCOc2cc(S(=O)(=O)Nc3cccc(F)n3)ccc21. The first kappa shape index (κ1) is 24.9. The highest BCUT2D eigenvalue weighted by atomic mass is 32.2. The van der Waals surface area contributed by atoms with Gasteiger partial charge in [-0.25, -0.2) is 13.4 Å². The van der Waals surface area contributed by atoms with Gasteiger partial charge in [-0.2, -0.15) is 17.6 Å². The number of nitrogens with zero attached hydrogens (tertiary/aromatic N) is 1. The molecule has 0 bridgehead atoms. The first-order valence-corrected chi connectivity index (χ1v) is 12.2. The van der Waals surface area contributed by atoms with Crippen molar-refractivity contribution in [2.75, 3.05) is 25.0 Å². The Balaban J connectivity index is 1.68. The fraction of sp³-hybridized carbons (Fsp3) is 0.292. The van der Waals surface area contributed by atoms with E-state index in [9.17, 15) is 26.0 Å². The molecule has 35 heavy (non-hydrogen) atoms. The summed E-state index contributed by atoms with van der Waals surface area (Å²) in [6.07, 6.45) is -3.67. The summed E-state index contributed by atoms with van der Waals surface area (Å²) in [6, 6.07) is 11.7. The maximum atomic E-state index is 13.3. The molecule has 1 aromatic heterocycles. The number of hydrogen-bond donors (Lipinski definition) is 1. The van der Waals surface area contributed by atoms with Crippen molar-refractivity contribution in [2.45, 2.75) is 29.8 Å². The molecule has 0 fully saturated rings. The third-order valence-corrected chi connectivity index (χ3v) is 7.06. The molecular formula is C24H22F4N2O4S. The average molecular weight is 511 g/mol. The van der Waals surface area contributed by atoms with Crippen LogP contribution in [0.1, 0.15) is 34.6 Å². The van der Waals surface area contributed by atoms with Crippen LogP contribution in [-0.2, 0) is 27.4 Å². The van der Waals surface area contributed by atoms with E-state index in [1.165, 1.54) is 37.4 Å². The summed E-state index contributed by atoms with van der Waals surface area (Å²) in [4.78, 5) is 3.39. The smallest absolute Gasteiger partial charge is 0.416 e. The summed E-state index contributed by atoms with van der Waals surface area (Å²) < 4.78 is 91.9. The van der Waals surface area contributed by atoms with Gasteiger partial charge < -0.3 is 9.47 Å². The number of alkyl halides is 3. The largest absolute Gasteiger partial charge is 0.493 e. The molecule has 0 amide bonds. The molecule has 1 N–H and O–H groups in total. The lowest BCUT2D eigenvalue weighted by molar-refractivity contribution is -0.137. The van der Waals surface area contributed by atoms with Gasteiger partial charge in [0.05, 0.1) is 23.7 Å². The van der Waals surface area contributed by atoms with Gasteiger partial charge in [-0.15, -0.1) is 0 Å². The number of methoxy groups -OCH3 is 1. The molecule has 1 aliphatic rings. The Bertz CT molecular complexity index is 1330. The monoisotopic (exact) mass is 510 g/mol. The first-order chi connectivity index (χ1) is 16.6. The van der Waals surface area contributed by atoms with Gasteiger partial charge in [0.25, 0.3) is 10.0 Å². The van der Waals surface area contributed by atoms with Crippen molar-refractivity contribution in [3.05, 3.63) is 82.8 Å². The van der Waals surface area contributed by atoms with Crippen LogP contribution in [0.15, 0.2) is 59.5 Å². The molecule has 0 unspecified atom stereocenters. The van der Waals surface area contributed by atoms with E-state index in [1.54, 1.807) is 6.07 Å². The van der Waals surface area contributed by atoms with Crippen molar-refractivity contribution in [3.8, 4) is 5.75 Å². The predicted molar refractivity (Wildman–Crippen MR) is 120 cm³/mol. The minimum absolute atomic E-state index is 0.116. The van der Waals surface area contributed by atoms with Crippen molar-refractivity contribution in [1.82, 2.24) is 4.98 Å². The van der Waals surface area contributed by atoms with Gasteiger partial charge in [-0.05, 0) is 54.3 Å². The highest BCUT2D eigenvalue weighted by Gasteiger charge is 2.33. The van der Waals surface area contributed by atoms with Crippen molar-refractivity contribution < 1.29 is 35.5 Å². The van der Waals surface area contributed by atoms with E-state index in [2.05, 4.69) is 9.71 Å². The number of halogens is 4. The number of ether oxygens (including phenoxy) is 2. The molecule has 2 aromatic carbocycles. The quantitative estimate of drug-likeness (QED) is 0.352. The summed E-state index contributed by atoms with van der Waals surface area (Å²) in [5.41, 5.74) is 1.14. The minimum Gasteiger partial charge on any atom is -0.493 e. The van der Waals surface area contributed by atoms with Gasteiger partial charge in [0.2, 0.25) is 5.95 Å². The minimum atomic E-state index is -4.47. The van der Waals surface area contributed by atoms with E-state index >= 15 is 0 Å². The zero-order valence-corrected chi connectivity index (χ0v) is 19.4. The Hall–Kier alpha value is -3.18. The summed E-state index contributed by atoms with van der Waals surface area (Å²) >= 11 is 0. The van der Waals surface area contributed by atoms with Crippen molar-refractivity contribution >= 4 is 15.8 Å². The molecule has 11 heteroatoms. The van der Waals surface area contributed by atoms with Crippen LogP contribution in [0, 0.1) is 5.95 Å². The molecule has 0 aliphatic carbocycles. The molecule has 1 aliphatic heterocycles. The maximum Gasteiger partial charge on any atom is 0.416 e. The van der Waals surface area contributed by atoms with Crippen LogP contribution < -0.4 is 9.46 Å². The van der Waals surface area contributed by atoms with Crippen LogP contribution in [0.2, 0.25) is 0 Å². The maximum absolute atomic E-state index is 13.3. The van der Waals surface area contributed by atoms with E-state index in [1.807, 2.05) is 0 Å². The summed E-state index contributed by atoms with van der Waals surface area (Å²) in [7, 11) is -2.61. The van der Waals surface area contributed by atoms with Gasteiger partial charge in [0, 0.05) is 24.7 Å². The Morgan fingerprint density at radius 2 is 1.89 bits per heavy atom. The number of rotatable bonds is 7. The van der Waals surface area contributed by atoms with Crippen LogP contribution in [0.25, 0.3) is 0 Å². The normalized spacial score (nSPS) is 15.9. The van der Waals surface area contributed by atoms with Gasteiger partial charge in [-0.1, -0.05) is 18.2 Å². The Morgan fingerprint density at radius 1 is 1.11 bits per heavy atom. The van der Waals surface area contributed by atoms with Crippen LogP contribution in [0.4, 0.5) is 23.4 Å². The molecule has 0 spiro atoms. The molecule has 6 nitrogen and oxygen atoms in total. The molecule has 0 saturated heterocycles. The molecule has 4 rings (SSSR count). The lowest BCUT2D eigenvalue weighted by atomic mass is 9.83. The number of nitrogens with one attached hydrogen (secondary N) is 1. The van der Waals surface area contributed by atoms with Crippen LogP contribution in [0.5, 0.6) is 5.75 Å². The summed E-state index contributed by atoms with van der Waals surface area (Å²) in [5.74, 6) is -0.979. The topological polar surface area (TPSA) is 77.5 Å². The lowest BCUT2D eigenvalue weighted by Gasteiger charge is -2.29. The standard InChI is InChI=1S/C24H22F4N2O4S/c1-33-11-9-15-13-16(24(26,27)28)5-7-18(15)19-10-12-34-21-14-17(6-8-20(19)21)35(31,32)30-23-4-2-3-22(25)29-23/h2-8,13-14,19H,9-12H2,1H3,(H,29,30)/t19-/m1/s1. The number of hydrogen-bond acceptors (Lipinski definition) is 5. The van der Waals surface area contributed by atoms with Crippen molar-refractivity contribution in [3.63, 3.8) is 0 Å². The van der Waals surface area contributed by atoms with Gasteiger partial charge >= 0.3 is 6.18 Å². The number of benzene rings is 2. The van der Waals surface area contributed by atoms with Gasteiger partial charge in [0.1, 0.15) is 11.6 Å². The Morgan fingerprint density at radius 3 is 2.60 bits per heavy atom. The molecule has 2 heterocycles. The van der Waals surface area contributed by atoms with Crippen LogP contribution >= 0.6 is 0 Å². The number of sulfonamides is 1. The second-order valence-electron chi connectivity index (χ2n) is 7.99. The van der Waals surface area contributed by atoms with E-state index in [4.69, 9.17) is 9.47 Å². The third kappa shape index (κ3) is 5.57. The van der Waals surface area contributed by atoms with Crippen molar-refractivity contribution in [2.24, 2.45) is 0 Å². The summed E-state index contributed by atoms with van der Waals surface area (Å²) in [5, 5.41) is 0. The Labute approximate surface area is 200 Å². The summed E-state index contributed by atoms with van der Waals surface area (Å²) in [6.45, 7) is 0.506. The number of aromatic nitrogens is 1. The number of anilines is 1. The molecular weight excluding hydrogens is 488 g/mol. The van der Waals surface area contributed by atoms with E-state index in [-0.39, 0.29) is 29.8 Å². The number of fused-ring (bicyclic) bond motifs is 1. The second kappa shape index (κ2) is 9.82. The molecule has 0 saturated carbocycles. The van der Waals surface area contributed by atoms with E-state index in [0.717, 1.165) is 18.2 Å². The second-order valence-corrected chi connectivity index (χ2v) is 9.68. The molecule has 1 atom stereocenters. The van der Waals surface area contributed by atoms with Crippen LogP contribution in [0.3, 0.4) is 0 Å². The zero-order chi connectivity index (χ0) is 25.2.